The average molecular weight is 360 g/mol. The quantitative estimate of drug-likeness (QED) is 0.602. The second-order valence-electron chi connectivity index (χ2n) is 5.67. The van der Waals surface area contributed by atoms with E-state index in [9.17, 15) is 30.0 Å². The van der Waals surface area contributed by atoms with Crippen molar-refractivity contribution in [2.75, 3.05) is 13.1 Å². The number of carboxylic acid groups (broad SMARTS) is 2. The molecule has 0 aliphatic heterocycles. The van der Waals surface area contributed by atoms with Crippen molar-refractivity contribution in [1.82, 2.24) is 9.80 Å². The molecule has 0 aromatic heterocycles. The van der Waals surface area contributed by atoms with Crippen LogP contribution in [0.25, 0.3) is 0 Å². The molecule has 0 heterocycles. The van der Waals surface area contributed by atoms with Crippen LogP contribution in [-0.4, -0.2) is 55.5 Å². The van der Waals surface area contributed by atoms with E-state index in [0.717, 1.165) is 9.80 Å². The second kappa shape index (κ2) is 8.61. The van der Waals surface area contributed by atoms with Crippen LogP contribution in [0.3, 0.4) is 0 Å². The Bertz CT molecular complexity index is 714. The van der Waals surface area contributed by atoms with Gasteiger partial charge in [-0.05, 0) is 12.1 Å². The molecular weight excluding hydrogens is 340 g/mol. The van der Waals surface area contributed by atoms with Crippen LogP contribution in [0.5, 0.6) is 11.5 Å². The van der Waals surface area contributed by atoms with Crippen molar-refractivity contribution in [3.05, 3.63) is 59.7 Å². The number of aromatic hydroxyl groups is 2. The first-order chi connectivity index (χ1) is 12.4. The van der Waals surface area contributed by atoms with Crippen molar-refractivity contribution in [2.24, 2.45) is 0 Å². The summed E-state index contributed by atoms with van der Waals surface area (Å²) < 4.78 is 0. The van der Waals surface area contributed by atoms with Crippen molar-refractivity contribution >= 4 is 12.2 Å². The summed E-state index contributed by atoms with van der Waals surface area (Å²) in [5.41, 5.74) is 0.856. The van der Waals surface area contributed by atoms with Crippen LogP contribution in [0.2, 0.25) is 0 Å². The standard InChI is InChI=1S/C18H20N2O6/c21-15-7-3-1-5-13(15)11-19(17(23)24)9-10-20(18(25)26)12-14-6-2-4-8-16(14)22/h1-8,21-22H,9-12H2,(H,23,24)(H,25,26). The van der Waals surface area contributed by atoms with Gasteiger partial charge in [-0.25, -0.2) is 9.59 Å². The van der Waals surface area contributed by atoms with Gasteiger partial charge in [-0.1, -0.05) is 36.4 Å². The third-order valence-electron chi connectivity index (χ3n) is 3.89. The Morgan fingerprint density at radius 3 is 1.35 bits per heavy atom. The Morgan fingerprint density at radius 1 is 0.692 bits per heavy atom. The lowest BCUT2D eigenvalue weighted by Gasteiger charge is -2.25. The number of rotatable bonds is 7. The van der Waals surface area contributed by atoms with E-state index in [1.165, 1.54) is 12.1 Å². The van der Waals surface area contributed by atoms with Crippen molar-refractivity contribution in [3.8, 4) is 11.5 Å². The highest BCUT2D eigenvalue weighted by Gasteiger charge is 2.19. The molecule has 2 aromatic rings. The van der Waals surface area contributed by atoms with Gasteiger partial charge in [0.05, 0.1) is 13.1 Å². The molecule has 4 N–H and O–H groups in total. The Morgan fingerprint density at radius 2 is 1.04 bits per heavy atom. The Hall–Kier alpha value is -3.42. The van der Waals surface area contributed by atoms with Gasteiger partial charge < -0.3 is 30.2 Å². The molecule has 26 heavy (non-hydrogen) atoms. The lowest BCUT2D eigenvalue weighted by Crippen LogP contribution is -2.39. The highest BCUT2D eigenvalue weighted by molar-refractivity contribution is 5.66. The number of phenolic OH excluding ortho intramolecular Hbond substituents is 2. The van der Waals surface area contributed by atoms with E-state index < -0.39 is 12.2 Å². The third kappa shape index (κ3) is 5.04. The fourth-order valence-corrected chi connectivity index (χ4v) is 2.43. The number of hydrogen-bond donors (Lipinski definition) is 4. The first kappa shape index (κ1) is 18.9. The van der Waals surface area contributed by atoms with Crippen LogP contribution in [-0.2, 0) is 13.1 Å². The van der Waals surface area contributed by atoms with Gasteiger partial charge in [-0.3, -0.25) is 0 Å². The molecule has 0 aliphatic rings. The van der Waals surface area contributed by atoms with Gasteiger partial charge >= 0.3 is 12.2 Å². The van der Waals surface area contributed by atoms with Crippen molar-refractivity contribution in [1.29, 1.82) is 0 Å². The topological polar surface area (TPSA) is 122 Å². The first-order valence-corrected chi connectivity index (χ1v) is 7.88. The Balaban J connectivity index is 2.05. The summed E-state index contributed by atoms with van der Waals surface area (Å²) in [6.45, 7) is -0.286. The molecule has 138 valence electrons. The molecule has 0 bridgehead atoms. The van der Waals surface area contributed by atoms with E-state index in [-0.39, 0.29) is 37.7 Å². The zero-order valence-corrected chi connectivity index (χ0v) is 13.9. The largest absolute Gasteiger partial charge is 0.508 e. The molecule has 0 radical (unpaired) electrons. The zero-order valence-electron chi connectivity index (χ0n) is 13.9. The number of hydrogen-bond acceptors (Lipinski definition) is 4. The van der Waals surface area contributed by atoms with Gasteiger partial charge in [0.1, 0.15) is 11.5 Å². The summed E-state index contributed by atoms with van der Waals surface area (Å²) in [4.78, 5) is 24.9. The summed E-state index contributed by atoms with van der Waals surface area (Å²) in [5, 5.41) is 38.3. The van der Waals surface area contributed by atoms with Crippen LogP contribution in [0.15, 0.2) is 48.5 Å². The third-order valence-corrected chi connectivity index (χ3v) is 3.89. The number of phenols is 2. The van der Waals surface area contributed by atoms with Crippen molar-refractivity contribution in [2.45, 2.75) is 13.1 Å². The Labute approximate surface area is 150 Å². The van der Waals surface area contributed by atoms with E-state index in [1.807, 2.05) is 0 Å². The van der Waals surface area contributed by atoms with Gasteiger partial charge in [-0.15, -0.1) is 0 Å². The second-order valence-corrected chi connectivity index (χ2v) is 5.67. The maximum atomic E-state index is 11.4. The maximum Gasteiger partial charge on any atom is 0.407 e. The van der Waals surface area contributed by atoms with E-state index in [1.54, 1.807) is 36.4 Å². The summed E-state index contributed by atoms with van der Waals surface area (Å²) in [6, 6.07) is 12.7. The number of benzene rings is 2. The number of para-hydroxylation sites is 2. The van der Waals surface area contributed by atoms with E-state index in [4.69, 9.17) is 0 Å². The molecule has 2 aromatic carbocycles. The van der Waals surface area contributed by atoms with Crippen LogP contribution < -0.4 is 0 Å². The normalized spacial score (nSPS) is 10.3. The van der Waals surface area contributed by atoms with Gasteiger partial charge in [0.15, 0.2) is 0 Å². The summed E-state index contributed by atoms with van der Waals surface area (Å²) in [5.74, 6) is -0.0499. The molecule has 0 saturated carbocycles. The molecule has 0 unspecified atom stereocenters. The van der Waals surface area contributed by atoms with Crippen molar-refractivity contribution in [3.63, 3.8) is 0 Å². The monoisotopic (exact) mass is 360 g/mol. The molecule has 0 spiro atoms. The minimum absolute atomic E-state index is 0.0250. The van der Waals surface area contributed by atoms with Crippen LogP contribution >= 0.6 is 0 Å². The first-order valence-electron chi connectivity index (χ1n) is 7.88. The number of amides is 2. The van der Waals surface area contributed by atoms with Crippen LogP contribution in [0.1, 0.15) is 11.1 Å². The number of carbonyl (C=O) groups is 2. The molecule has 8 nitrogen and oxygen atoms in total. The van der Waals surface area contributed by atoms with Crippen molar-refractivity contribution < 1.29 is 30.0 Å². The van der Waals surface area contributed by atoms with E-state index in [2.05, 4.69) is 0 Å². The molecule has 2 amide bonds. The minimum atomic E-state index is -1.22. The summed E-state index contributed by atoms with van der Waals surface area (Å²) in [7, 11) is 0. The lowest BCUT2D eigenvalue weighted by atomic mass is 10.2. The van der Waals surface area contributed by atoms with Gasteiger partial charge in [0.2, 0.25) is 0 Å². The fourth-order valence-electron chi connectivity index (χ4n) is 2.43. The predicted molar refractivity (Wildman–Crippen MR) is 93.1 cm³/mol. The smallest absolute Gasteiger partial charge is 0.407 e. The van der Waals surface area contributed by atoms with Crippen LogP contribution in [0.4, 0.5) is 9.59 Å². The van der Waals surface area contributed by atoms with Gasteiger partial charge in [0.25, 0.3) is 0 Å². The van der Waals surface area contributed by atoms with Crippen LogP contribution in [0, 0.1) is 0 Å². The molecule has 8 heteroatoms. The molecule has 0 aliphatic carbocycles. The van der Waals surface area contributed by atoms with E-state index in [0.29, 0.717) is 11.1 Å². The van der Waals surface area contributed by atoms with Gasteiger partial charge in [0, 0.05) is 24.2 Å². The predicted octanol–water partition coefficient (Wildman–Crippen LogP) is 2.76. The maximum absolute atomic E-state index is 11.4. The SMILES string of the molecule is O=C(O)N(CCN(Cc1ccccc1O)C(=O)O)Cc1ccccc1O. The molecule has 2 rings (SSSR count). The highest BCUT2D eigenvalue weighted by atomic mass is 16.4. The number of nitrogens with zero attached hydrogens (tertiary/aromatic N) is 2. The molecule has 0 fully saturated rings. The summed E-state index contributed by atoms with van der Waals surface area (Å²) in [6.07, 6.45) is -2.44. The van der Waals surface area contributed by atoms with Gasteiger partial charge in [-0.2, -0.15) is 0 Å². The highest BCUT2D eigenvalue weighted by Crippen LogP contribution is 2.19. The van der Waals surface area contributed by atoms with E-state index >= 15 is 0 Å². The Kier molecular flexibility index (Phi) is 6.26. The average Bonchev–Trinajstić information content (AvgIpc) is 2.60. The molecule has 0 atom stereocenters. The minimum Gasteiger partial charge on any atom is -0.508 e. The zero-order chi connectivity index (χ0) is 19.1. The lowest BCUT2D eigenvalue weighted by molar-refractivity contribution is 0.118. The molecule has 0 saturated heterocycles. The summed E-state index contributed by atoms with van der Waals surface area (Å²) >= 11 is 0. The molecular formula is C18H20N2O6. The fraction of sp³-hybridized carbons (Fsp3) is 0.222.